The fraction of sp³-hybridized carbons (Fsp3) is 0.0714. The Hall–Kier alpha value is -6.75. The van der Waals surface area contributed by atoms with Gasteiger partial charge in [0, 0.05) is 18.4 Å². The van der Waals surface area contributed by atoms with Gasteiger partial charge in [-0.3, -0.25) is 0 Å². The Morgan fingerprint density at radius 2 is 0.651 bits per heavy atom. The topological polar surface area (TPSA) is 0 Å². The van der Waals surface area contributed by atoms with E-state index in [0.29, 0.717) is 35.8 Å². The highest BCUT2D eigenvalue weighted by molar-refractivity contribution is 7.73. The number of halogens is 6. The summed E-state index contributed by atoms with van der Waals surface area (Å²) in [6.07, 6.45) is 2.39. The summed E-state index contributed by atoms with van der Waals surface area (Å²) >= 11 is 0. The summed E-state index contributed by atoms with van der Waals surface area (Å²) in [5.74, 6) is -8.20. The Kier molecular flexibility index (Phi) is 8.52. The highest BCUT2D eigenvalue weighted by atomic mass is 31.2. The van der Waals surface area contributed by atoms with Crippen LogP contribution in [0.4, 0.5) is 26.3 Å². The molecule has 7 heteroatoms. The molecule has 0 amide bonds. The van der Waals surface area contributed by atoms with Crippen molar-refractivity contribution in [2.75, 3.05) is 0 Å². The summed E-state index contributed by atoms with van der Waals surface area (Å²) in [5, 5.41) is 7.90. The van der Waals surface area contributed by atoms with E-state index in [9.17, 15) is 8.78 Å². The zero-order chi connectivity index (χ0) is 42.7. The Morgan fingerprint density at radius 3 is 1.03 bits per heavy atom. The van der Waals surface area contributed by atoms with Crippen molar-refractivity contribution in [2.24, 2.45) is 0 Å². The molecule has 304 valence electrons. The average molecular weight is 852 g/mol. The molecule has 10 aromatic rings. The fourth-order valence-electron chi connectivity index (χ4n) is 10.8. The minimum atomic E-state index is -2.50. The first kappa shape index (κ1) is 38.0. The zero-order valence-corrected chi connectivity index (χ0v) is 34.4. The summed E-state index contributed by atoms with van der Waals surface area (Å²) in [7, 11) is -2.50. The second-order valence-electron chi connectivity index (χ2n) is 17.1. The van der Waals surface area contributed by atoms with Crippen molar-refractivity contribution in [2.45, 2.75) is 24.6 Å². The molecule has 0 nitrogen and oxygen atoms in total. The summed E-state index contributed by atoms with van der Waals surface area (Å²) in [4.78, 5) is 0. The monoisotopic (exact) mass is 851 g/mol. The van der Waals surface area contributed by atoms with Crippen molar-refractivity contribution in [3.8, 4) is 44.5 Å². The summed E-state index contributed by atoms with van der Waals surface area (Å²) in [5.41, 5.74) is 9.73. The molecule has 0 unspecified atom stereocenters. The molecule has 2 aliphatic rings. The third kappa shape index (κ3) is 5.88. The van der Waals surface area contributed by atoms with Gasteiger partial charge in [0.1, 0.15) is 0 Å². The SMILES string of the molecule is Fc1cc(-c2cc3ccccc3c3c2C[P+]2(Cc4ccc5ccccc5c4-c4c(ccc5ccccc45)C2)Cc2c(-c4cc(F)c(F)c(F)c4)cc4ccccc4c2-3)cc(F)c1F. The second kappa shape index (κ2) is 14.1. The molecule has 0 aliphatic carbocycles. The van der Waals surface area contributed by atoms with Crippen molar-refractivity contribution in [1.29, 1.82) is 0 Å². The predicted molar refractivity (Wildman–Crippen MR) is 246 cm³/mol. The van der Waals surface area contributed by atoms with E-state index >= 15 is 17.6 Å². The van der Waals surface area contributed by atoms with Gasteiger partial charge in [0.2, 0.25) is 0 Å². The van der Waals surface area contributed by atoms with Gasteiger partial charge in [-0.2, -0.15) is 0 Å². The molecule has 0 saturated heterocycles. The molecule has 0 aromatic heterocycles. The van der Waals surface area contributed by atoms with Gasteiger partial charge in [0.15, 0.2) is 34.9 Å². The number of rotatable bonds is 2. The highest BCUT2D eigenvalue weighted by Crippen LogP contribution is 2.74. The molecule has 0 saturated carbocycles. The molecule has 0 fully saturated rings. The zero-order valence-electron chi connectivity index (χ0n) is 33.6. The fourth-order valence-corrected chi connectivity index (χ4v) is 15.5. The van der Waals surface area contributed by atoms with E-state index in [0.717, 1.165) is 89.6 Å². The molecular formula is C56H34F6P+. The van der Waals surface area contributed by atoms with E-state index in [2.05, 4.69) is 60.7 Å². The smallest absolute Gasteiger partial charge is 0.194 e. The van der Waals surface area contributed by atoms with Gasteiger partial charge in [-0.05, 0) is 135 Å². The van der Waals surface area contributed by atoms with Gasteiger partial charge in [-0.25, -0.2) is 26.3 Å². The molecule has 0 atom stereocenters. The third-order valence-corrected chi connectivity index (χ3v) is 17.4. The maximum Gasteiger partial charge on any atom is 0.194 e. The Balaban J connectivity index is 1.26. The first-order chi connectivity index (χ1) is 30.6. The van der Waals surface area contributed by atoms with Gasteiger partial charge in [-0.1, -0.05) is 121 Å². The molecule has 0 bridgehead atoms. The lowest BCUT2D eigenvalue weighted by Gasteiger charge is -2.28. The number of hydrogen-bond acceptors (Lipinski definition) is 0. The maximum absolute atomic E-state index is 15.4. The predicted octanol–water partition coefficient (Wildman–Crippen LogP) is 16.5. The van der Waals surface area contributed by atoms with Crippen LogP contribution in [0.2, 0.25) is 0 Å². The molecule has 0 radical (unpaired) electrons. The Bertz CT molecular complexity index is 3330. The van der Waals surface area contributed by atoms with Crippen LogP contribution in [0.3, 0.4) is 0 Å². The molecule has 10 aromatic carbocycles. The van der Waals surface area contributed by atoms with Crippen LogP contribution in [0.1, 0.15) is 22.3 Å². The van der Waals surface area contributed by atoms with Crippen LogP contribution in [-0.2, 0) is 24.6 Å². The normalized spacial score (nSPS) is 14.1. The van der Waals surface area contributed by atoms with E-state index in [-0.39, 0.29) is 11.1 Å². The van der Waals surface area contributed by atoms with Crippen LogP contribution in [0.25, 0.3) is 87.6 Å². The quantitative estimate of drug-likeness (QED) is 0.0923. The molecular weight excluding hydrogens is 818 g/mol. The van der Waals surface area contributed by atoms with Gasteiger partial charge >= 0.3 is 0 Å². The van der Waals surface area contributed by atoms with Crippen LogP contribution >= 0.6 is 7.26 Å². The molecule has 2 heterocycles. The lowest BCUT2D eigenvalue weighted by molar-refractivity contribution is 0.447. The van der Waals surface area contributed by atoms with Gasteiger partial charge < -0.3 is 0 Å². The molecule has 2 aliphatic heterocycles. The van der Waals surface area contributed by atoms with Crippen molar-refractivity contribution in [3.05, 3.63) is 215 Å². The van der Waals surface area contributed by atoms with Gasteiger partial charge in [0.25, 0.3) is 0 Å². The largest absolute Gasteiger partial charge is 0.204 e. The highest BCUT2D eigenvalue weighted by Gasteiger charge is 2.47. The van der Waals surface area contributed by atoms with Crippen molar-refractivity contribution < 1.29 is 26.3 Å². The van der Waals surface area contributed by atoms with Crippen LogP contribution < -0.4 is 0 Å². The van der Waals surface area contributed by atoms with E-state index in [1.54, 1.807) is 0 Å². The van der Waals surface area contributed by atoms with Crippen molar-refractivity contribution in [3.63, 3.8) is 0 Å². The maximum atomic E-state index is 15.4. The van der Waals surface area contributed by atoms with E-state index in [1.807, 2.05) is 72.8 Å². The minimum absolute atomic E-state index is 0.214. The molecule has 63 heavy (non-hydrogen) atoms. The summed E-state index contributed by atoms with van der Waals surface area (Å²) < 4.78 is 91.2. The number of hydrogen-bond donors (Lipinski definition) is 0. The van der Waals surface area contributed by atoms with Gasteiger partial charge in [0.05, 0.1) is 24.6 Å². The molecule has 0 N–H and O–H groups in total. The molecule has 12 rings (SSSR count). The number of fused-ring (bicyclic) bond motifs is 14. The Morgan fingerprint density at radius 1 is 0.317 bits per heavy atom. The van der Waals surface area contributed by atoms with E-state index < -0.39 is 42.2 Å². The standard InChI is InChI=1S/C56H34F6P/c57-47-23-37(24-48(58)55(47)61)43-21-33-11-3-7-15-41(33)53-45(43)29-63(30-46-44(38-25-49(59)56(62)50(60)26-38)22-34-12-4-8-16-42(34)54(46)53)27-35-19-17-31-9-1-5-13-39(31)51(35)52-36(28-63)20-18-32-10-2-6-14-40(32)52/h1-26H,27-30H2/q+1. The average Bonchev–Trinajstić information content (AvgIpc) is 3.54. The lowest BCUT2D eigenvalue weighted by Crippen LogP contribution is -2.07. The summed E-state index contributed by atoms with van der Waals surface area (Å²) in [6, 6.07) is 49.6. The van der Waals surface area contributed by atoms with Crippen molar-refractivity contribution in [1.82, 2.24) is 0 Å². The first-order valence-electron chi connectivity index (χ1n) is 20.9. The second-order valence-corrected chi connectivity index (χ2v) is 21.1. The first-order valence-corrected chi connectivity index (χ1v) is 23.4. The van der Waals surface area contributed by atoms with Gasteiger partial charge in [-0.15, -0.1) is 0 Å². The van der Waals surface area contributed by atoms with Crippen molar-refractivity contribution >= 4 is 50.4 Å². The number of benzene rings is 10. The Labute approximate surface area is 359 Å². The minimum Gasteiger partial charge on any atom is -0.204 e. The van der Waals surface area contributed by atoms with Crippen LogP contribution in [0, 0.1) is 34.9 Å². The lowest BCUT2D eigenvalue weighted by atomic mass is 9.82. The third-order valence-electron chi connectivity index (χ3n) is 13.4. The van der Waals surface area contributed by atoms with Crippen LogP contribution in [0.5, 0.6) is 0 Å². The molecule has 1 spiro atoms. The van der Waals surface area contributed by atoms with E-state index in [4.69, 9.17) is 0 Å². The van der Waals surface area contributed by atoms with E-state index in [1.165, 1.54) is 22.3 Å². The van der Waals surface area contributed by atoms with Crippen LogP contribution in [0.15, 0.2) is 158 Å². The van der Waals surface area contributed by atoms with Crippen LogP contribution in [-0.4, -0.2) is 0 Å². The summed E-state index contributed by atoms with van der Waals surface area (Å²) in [6.45, 7) is 0.